The number of furan rings is 1. The minimum absolute atomic E-state index is 0.134. The van der Waals surface area contributed by atoms with Crippen LogP contribution in [-0.4, -0.2) is 26.9 Å². The number of thioether (sulfide) groups is 1. The van der Waals surface area contributed by atoms with Crippen LogP contribution < -0.4 is 5.32 Å². The third-order valence-corrected chi connectivity index (χ3v) is 5.31. The SMILES string of the molecule is CC(=O)NC1=NN(C(C)=O)C2(CCCCC2=Cc2ccco2)S1. The number of hydrogen-bond acceptors (Lipinski definition) is 5. The second kappa shape index (κ2) is 6.23. The van der Waals surface area contributed by atoms with Crippen LogP contribution in [0.25, 0.3) is 6.08 Å². The van der Waals surface area contributed by atoms with E-state index in [2.05, 4.69) is 10.4 Å². The second-order valence-electron chi connectivity index (χ2n) is 5.70. The van der Waals surface area contributed by atoms with Gasteiger partial charge in [-0.25, -0.2) is 5.01 Å². The fraction of sp³-hybridized carbons (Fsp3) is 0.438. The first-order chi connectivity index (χ1) is 11.0. The molecule has 1 saturated carbocycles. The molecule has 6 nitrogen and oxygen atoms in total. The lowest BCUT2D eigenvalue weighted by Crippen LogP contribution is -2.45. The smallest absolute Gasteiger partial charge is 0.241 e. The Morgan fingerprint density at radius 1 is 1.43 bits per heavy atom. The van der Waals surface area contributed by atoms with Gasteiger partial charge in [0.15, 0.2) is 5.17 Å². The Balaban J connectivity index is 1.99. The molecule has 122 valence electrons. The van der Waals surface area contributed by atoms with Gasteiger partial charge >= 0.3 is 0 Å². The van der Waals surface area contributed by atoms with Gasteiger partial charge in [0.25, 0.3) is 0 Å². The number of hydrogen-bond donors (Lipinski definition) is 1. The second-order valence-corrected chi connectivity index (χ2v) is 6.96. The van der Waals surface area contributed by atoms with Gasteiger partial charge in [0.1, 0.15) is 10.6 Å². The fourth-order valence-corrected chi connectivity index (χ4v) is 4.48. The van der Waals surface area contributed by atoms with E-state index in [-0.39, 0.29) is 11.8 Å². The number of rotatable bonds is 1. The molecule has 1 aromatic heterocycles. The van der Waals surface area contributed by atoms with Gasteiger partial charge in [-0.15, -0.1) is 5.10 Å². The van der Waals surface area contributed by atoms with E-state index >= 15 is 0 Å². The summed E-state index contributed by atoms with van der Waals surface area (Å²) in [6.45, 7) is 2.94. The lowest BCUT2D eigenvalue weighted by atomic mass is 9.88. The molecule has 1 spiro atoms. The summed E-state index contributed by atoms with van der Waals surface area (Å²) in [7, 11) is 0. The largest absolute Gasteiger partial charge is 0.465 e. The summed E-state index contributed by atoms with van der Waals surface area (Å²) in [6.07, 6.45) is 7.38. The summed E-state index contributed by atoms with van der Waals surface area (Å²) in [5.41, 5.74) is 1.10. The Labute approximate surface area is 139 Å². The first-order valence-corrected chi connectivity index (χ1v) is 8.43. The van der Waals surface area contributed by atoms with E-state index < -0.39 is 4.87 Å². The van der Waals surface area contributed by atoms with Gasteiger partial charge in [-0.05, 0) is 49.5 Å². The van der Waals surface area contributed by atoms with Crippen molar-refractivity contribution in [2.24, 2.45) is 5.10 Å². The molecule has 1 aliphatic heterocycles. The van der Waals surface area contributed by atoms with Gasteiger partial charge < -0.3 is 9.73 Å². The van der Waals surface area contributed by atoms with E-state index in [4.69, 9.17) is 4.42 Å². The highest BCUT2D eigenvalue weighted by Crippen LogP contribution is 2.50. The highest BCUT2D eigenvalue weighted by atomic mass is 32.2. The van der Waals surface area contributed by atoms with Crippen LogP contribution in [-0.2, 0) is 9.59 Å². The van der Waals surface area contributed by atoms with E-state index in [1.165, 1.54) is 30.6 Å². The first-order valence-electron chi connectivity index (χ1n) is 7.62. The van der Waals surface area contributed by atoms with Crippen LogP contribution in [0.1, 0.15) is 45.3 Å². The average molecular weight is 333 g/mol. The summed E-state index contributed by atoms with van der Waals surface area (Å²) in [5, 5.41) is 9.03. The molecule has 1 fully saturated rings. The van der Waals surface area contributed by atoms with Gasteiger partial charge in [0.2, 0.25) is 11.8 Å². The molecule has 2 amide bonds. The van der Waals surface area contributed by atoms with Crippen LogP contribution >= 0.6 is 11.8 Å². The third-order valence-electron chi connectivity index (χ3n) is 3.95. The molecule has 0 saturated heterocycles. The number of amides is 2. The van der Waals surface area contributed by atoms with E-state index in [1.54, 1.807) is 6.26 Å². The third kappa shape index (κ3) is 3.06. The molecule has 1 aliphatic carbocycles. The first kappa shape index (κ1) is 15.9. The average Bonchev–Trinajstić information content (AvgIpc) is 3.09. The molecule has 1 aromatic rings. The standard InChI is InChI=1S/C16H19N3O3S/c1-11(20)17-15-18-19(12(2)21)16(23-15)8-4-3-6-13(16)10-14-7-5-9-22-14/h5,7,9-10H,3-4,6,8H2,1-2H3,(H,17,18,20). The van der Waals surface area contributed by atoms with E-state index in [9.17, 15) is 9.59 Å². The highest BCUT2D eigenvalue weighted by Gasteiger charge is 2.49. The molecule has 7 heteroatoms. The molecule has 0 radical (unpaired) electrons. The van der Waals surface area contributed by atoms with E-state index in [1.807, 2.05) is 18.2 Å². The molecule has 0 aromatic carbocycles. The summed E-state index contributed by atoms with van der Waals surface area (Å²) >= 11 is 1.44. The topological polar surface area (TPSA) is 74.9 Å². The zero-order chi connectivity index (χ0) is 16.4. The summed E-state index contributed by atoms with van der Waals surface area (Å²) in [4.78, 5) is 22.9. The summed E-state index contributed by atoms with van der Waals surface area (Å²) in [5.74, 6) is 0.438. The van der Waals surface area contributed by atoms with Crippen molar-refractivity contribution in [3.05, 3.63) is 29.7 Å². The maximum absolute atomic E-state index is 12.1. The van der Waals surface area contributed by atoms with Crippen molar-refractivity contribution in [1.29, 1.82) is 0 Å². The summed E-state index contributed by atoms with van der Waals surface area (Å²) < 4.78 is 5.43. The Bertz CT molecular complexity index is 681. The van der Waals surface area contributed by atoms with Crippen molar-refractivity contribution in [3.63, 3.8) is 0 Å². The van der Waals surface area contributed by atoms with Gasteiger partial charge in [-0.1, -0.05) is 11.8 Å². The highest BCUT2D eigenvalue weighted by molar-refractivity contribution is 8.15. The number of hydrazone groups is 1. The van der Waals surface area contributed by atoms with E-state index in [0.29, 0.717) is 5.17 Å². The zero-order valence-corrected chi connectivity index (χ0v) is 14.0. The van der Waals surface area contributed by atoms with Crippen molar-refractivity contribution in [3.8, 4) is 0 Å². The molecule has 2 aliphatic rings. The molecule has 2 heterocycles. The van der Waals surface area contributed by atoms with Gasteiger partial charge in [0, 0.05) is 13.8 Å². The predicted octanol–water partition coefficient (Wildman–Crippen LogP) is 2.94. The van der Waals surface area contributed by atoms with Crippen LogP contribution in [0.3, 0.4) is 0 Å². The van der Waals surface area contributed by atoms with E-state index in [0.717, 1.165) is 37.0 Å². The van der Waals surface area contributed by atoms with Crippen LogP contribution in [0.15, 0.2) is 33.5 Å². The van der Waals surface area contributed by atoms with Crippen molar-refractivity contribution in [1.82, 2.24) is 10.3 Å². The van der Waals surface area contributed by atoms with Gasteiger partial charge in [-0.2, -0.15) is 0 Å². The molecular formula is C16H19N3O3S. The lowest BCUT2D eigenvalue weighted by molar-refractivity contribution is -0.131. The quantitative estimate of drug-likeness (QED) is 0.857. The fourth-order valence-electron chi connectivity index (χ4n) is 3.05. The normalized spacial score (nSPS) is 25.7. The maximum Gasteiger partial charge on any atom is 0.241 e. The van der Waals surface area contributed by atoms with Crippen LogP contribution in [0, 0.1) is 0 Å². The van der Waals surface area contributed by atoms with Crippen LogP contribution in [0.2, 0.25) is 0 Å². The zero-order valence-electron chi connectivity index (χ0n) is 13.2. The minimum atomic E-state index is -0.561. The van der Waals surface area contributed by atoms with Gasteiger partial charge in [0.05, 0.1) is 6.26 Å². The Morgan fingerprint density at radius 2 is 2.26 bits per heavy atom. The molecule has 3 rings (SSSR count). The predicted molar refractivity (Wildman–Crippen MR) is 89.2 cm³/mol. The number of nitrogens with zero attached hydrogens (tertiary/aromatic N) is 2. The Hall–Kier alpha value is -2.02. The maximum atomic E-state index is 12.1. The molecule has 1 unspecified atom stereocenters. The number of carbonyl (C=O) groups excluding carboxylic acids is 2. The Kier molecular flexibility index (Phi) is 4.30. The monoisotopic (exact) mass is 333 g/mol. The van der Waals surface area contributed by atoms with Crippen molar-refractivity contribution in [2.75, 3.05) is 0 Å². The van der Waals surface area contributed by atoms with Crippen LogP contribution in [0.4, 0.5) is 0 Å². The van der Waals surface area contributed by atoms with Crippen LogP contribution in [0.5, 0.6) is 0 Å². The lowest BCUT2D eigenvalue weighted by Gasteiger charge is -2.39. The van der Waals surface area contributed by atoms with Crippen molar-refractivity contribution < 1.29 is 14.0 Å². The van der Waals surface area contributed by atoms with Gasteiger partial charge in [-0.3, -0.25) is 9.59 Å². The number of nitrogens with one attached hydrogen (secondary N) is 1. The molecule has 1 N–H and O–H groups in total. The summed E-state index contributed by atoms with van der Waals surface area (Å²) in [6, 6.07) is 3.73. The molecule has 1 atom stereocenters. The Morgan fingerprint density at radius 3 is 2.91 bits per heavy atom. The van der Waals surface area contributed by atoms with Crippen molar-refractivity contribution in [2.45, 2.75) is 44.4 Å². The number of carbonyl (C=O) groups is 2. The minimum Gasteiger partial charge on any atom is -0.465 e. The molecule has 23 heavy (non-hydrogen) atoms. The number of amidine groups is 1. The van der Waals surface area contributed by atoms with Crippen molar-refractivity contribution >= 4 is 34.8 Å². The molecular weight excluding hydrogens is 314 g/mol. The molecule has 0 bridgehead atoms.